The van der Waals surface area contributed by atoms with Crippen molar-refractivity contribution in [1.29, 1.82) is 0 Å². The lowest BCUT2D eigenvalue weighted by Gasteiger charge is -2.32. The van der Waals surface area contributed by atoms with Gasteiger partial charge in [-0.05, 0) is 79.6 Å². The molecule has 2 fully saturated rings. The van der Waals surface area contributed by atoms with Crippen LogP contribution in [-0.4, -0.2) is 55.0 Å². The number of hydrogen-bond donors (Lipinski definition) is 1. The Hall–Kier alpha value is -3.58. The lowest BCUT2D eigenvalue weighted by Crippen LogP contribution is -2.37. The van der Waals surface area contributed by atoms with Crippen molar-refractivity contribution in [2.24, 2.45) is 0 Å². The summed E-state index contributed by atoms with van der Waals surface area (Å²) >= 11 is 6.15. The van der Waals surface area contributed by atoms with E-state index in [-0.39, 0.29) is 11.8 Å². The van der Waals surface area contributed by atoms with Gasteiger partial charge in [0.2, 0.25) is 0 Å². The number of ether oxygens (including phenoxy) is 1. The molecule has 2 aliphatic heterocycles. The average molecular weight is 519 g/mol. The Balaban J connectivity index is 1.17. The fourth-order valence-electron chi connectivity index (χ4n) is 5.15. The van der Waals surface area contributed by atoms with Crippen molar-refractivity contribution in [2.45, 2.75) is 31.6 Å². The molecule has 3 heterocycles. The third-order valence-electron chi connectivity index (χ3n) is 7.22. The molecule has 0 unspecified atom stereocenters. The number of benzene rings is 2. The summed E-state index contributed by atoms with van der Waals surface area (Å²) < 4.78 is 5.25. The molecule has 2 amide bonds. The first kappa shape index (κ1) is 25.1. The molecule has 0 bridgehead atoms. The van der Waals surface area contributed by atoms with E-state index in [0.29, 0.717) is 41.0 Å². The number of hydrogen-bond acceptors (Lipinski definition) is 5. The Labute approximate surface area is 222 Å². The molecule has 7 nitrogen and oxygen atoms in total. The Morgan fingerprint density at radius 2 is 1.70 bits per heavy atom. The molecular weight excluding hydrogens is 488 g/mol. The van der Waals surface area contributed by atoms with Crippen molar-refractivity contribution in [3.8, 4) is 5.75 Å². The van der Waals surface area contributed by atoms with Crippen molar-refractivity contribution < 1.29 is 14.3 Å². The minimum atomic E-state index is -0.210. The van der Waals surface area contributed by atoms with Crippen LogP contribution >= 0.6 is 11.6 Å². The summed E-state index contributed by atoms with van der Waals surface area (Å²) in [4.78, 5) is 34.2. The Morgan fingerprint density at radius 3 is 2.41 bits per heavy atom. The van der Waals surface area contributed by atoms with Crippen molar-refractivity contribution in [3.63, 3.8) is 0 Å². The van der Waals surface area contributed by atoms with E-state index < -0.39 is 0 Å². The first-order valence-corrected chi connectivity index (χ1v) is 13.1. The summed E-state index contributed by atoms with van der Waals surface area (Å²) in [6.07, 6.45) is 5.82. The van der Waals surface area contributed by atoms with Crippen LogP contribution in [0.25, 0.3) is 0 Å². The zero-order valence-electron chi connectivity index (χ0n) is 21.0. The van der Waals surface area contributed by atoms with E-state index in [2.05, 4.69) is 27.3 Å². The lowest BCUT2D eigenvalue weighted by molar-refractivity contribution is 0.0712. The van der Waals surface area contributed by atoms with Crippen LogP contribution in [0.3, 0.4) is 0 Å². The number of halogens is 1. The predicted octanol–water partition coefficient (Wildman–Crippen LogP) is 5.62. The highest BCUT2D eigenvalue weighted by Gasteiger charge is 2.25. The van der Waals surface area contributed by atoms with E-state index in [4.69, 9.17) is 16.3 Å². The molecule has 2 saturated heterocycles. The number of carbonyl (C=O) groups is 2. The monoisotopic (exact) mass is 518 g/mol. The number of nitrogens with one attached hydrogen (secondary N) is 1. The maximum Gasteiger partial charge on any atom is 0.274 e. The highest BCUT2D eigenvalue weighted by Crippen LogP contribution is 2.30. The zero-order chi connectivity index (χ0) is 25.8. The summed E-state index contributed by atoms with van der Waals surface area (Å²) in [5.74, 6) is 0.701. The van der Waals surface area contributed by atoms with Crippen molar-refractivity contribution >= 4 is 34.8 Å². The Morgan fingerprint density at radius 1 is 0.973 bits per heavy atom. The van der Waals surface area contributed by atoms with Gasteiger partial charge in [0, 0.05) is 54.3 Å². The summed E-state index contributed by atoms with van der Waals surface area (Å²) in [6.45, 7) is 3.40. The second-order valence-electron chi connectivity index (χ2n) is 9.62. The maximum absolute atomic E-state index is 13.0. The van der Waals surface area contributed by atoms with E-state index >= 15 is 0 Å². The standard InChI is InChI=1S/C29H31ClN4O3/c1-37-26-17-22(16-23(30)18-26)29(36)34-14-9-21(10-15-34)20-4-6-24(7-5-20)32-28(35)27-19-25(8-11-31-27)33-12-2-3-13-33/h4-8,11,16-19,21H,2-3,9-10,12-15H2,1H3,(H,32,35). The van der Waals surface area contributed by atoms with Gasteiger partial charge in [-0.3, -0.25) is 14.6 Å². The third kappa shape index (κ3) is 5.88. The van der Waals surface area contributed by atoms with Gasteiger partial charge >= 0.3 is 0 Å². The predicted molar refractivity (Wildman–Crippen MR) is 146 cm³/mol. The first-order chi connectivity index (χ1) is 18.0. The molecule has 3 aromatic rings. The van der Waals surface area contributed by atoms with Crippen molar-refractivity contribution in [1.82, 2.24) is 9.88 Å². The number of carbonyl (C=O) groups excluding carboxylic acids is 2. The van der Waals surface area contributed by atoms with E-state index in [1.807, 2.05) is 29.2 Å². The molecular formula is C29H31ClN4O3. The van der Waals surface area contributed by atoms with Gasteiger partial charge in [-0.25, -0.2) is 0 Å². The SMILES string of the molecule is COc1cc(Cl)cc(C(=O)N2CCC(c3ccc(NC(=O)c4cc(N5CCCC5)ccn4)cc3)CC2)c1. The Kier molecular flexibility index (Phi) is 7.60. The minimum Gasteiger partial charge on any atom is -0.497 e. The number of piperidine rings is 1. The molecule has 2 aliphatic rings. The molecule has 37 heavy (non-hydrogen) atoms. The van der Waals surface area contributed by atoms with Gasteiger partial charge in [0.15, 0.2) is 0 Å². The van der Waals surface area contributed by atoms with Crippen LogP contribution in [0.15, 0.2) is 60.8 Å². The van der Waals surface area contributed by atoms with E-state index in [9.17, 15) is 9.59 Å². The summed E-state index contributed by atoms with van der Waals surface area (Å²) in [7, 11) is 1.56. The van der Waals surface area contributed by atoms with E-state index in [1.165, 1.54) is 18.4 Å². The smallest absolute Gasteiger partial charge is 0.274 e. The van der Waals surface area contributed by atoms with Crippen LogP contribution in [0.2, 0.25) is 5.02 Å². The molecule has 8 heteroatoms. The maximum atomic E-state index is 13.0. The highest BCUT2D eigenvalue weighted by atomic mass is 35.5. The second kappa shape index (κ2) is 11.2. The number of pyridine rings is 1. The van der Waals surface area contributed by atoms with Gasteiger partial charge in [0.05, 0.1) is 7.11 Å². The van der Waals surface area contributed by atoms with Gasteiger partial charge in [-0.2, -0.15) is 0 Å². The molecule has 1 aromatic heterocycles. The van der Waals surface area contributed by atoms with Gasteiger partial charge in [-0.1, -0.05) is 23.7 Å². The number of nitrogens with zero attached hydrogens (tertiary/aromatic N) is 3. The molecule has 0 atom stereocenters. The number of rotatable bonds is 6. The number of anilines is 2. The topological polar surface area (TPSA) is 74.8 Å². The van der Waals surface area contributed by atoms with Gasteiger partial charge < -0.3 is 19.9 Å². The highest BCUT2D eigenvalue weighted by molar-refractivity contribution is 6.31. The van der Waals surface area contributed by atoms with Crippen molar-refractivity contribution in [2.75, 3.05) is 43.5 Å². The number of likely N-dealkylation sites (tertiary alicyclic amines) is 1. The summed E-state index contributed by atoms with van der Waals surface area (Å²) in [5, 5.41) is 3.45. The number of aromatic nitrogens is 1. The molecule has 0 radical (unpaired) electrons. The fourth-order valence-corrected chi connectivity index (χ4v) is 5.38. The molecule has 0 aliphatic carbocycles. The molecule has 2 aromatic carbocycles. The normalized spacial score (nSPS) is 16.1. The molecule has 1 N–H and O–H groups in total. The van der Waals surface area contributed by atoms with Crippen molar-refractivity contribution in [3.05, 3.63) is 82.6 Å². The van der Waals surface area contributed by atoms with Crippen LogP contribution < -0.4 is 15.0 Å². The summed E-state index contributed by atoms with van der Waals surface area (Å²) in [6, 6.07) is 16.9. The van der Waals surface area contributed by atoms with Crippen LogP contribution in [-0.2, 0) is 0 Å². The van der Waals surface area contributed by atoms with Gasteiger partial charge in [0.1, 0.15) is 11.4 Å². The summed E-state index contributed by atoms with van der Waals surface area (Å²) in [5.41, 5.74) is 3.96. The van der Waals surface area contributed by atoms with E-state index in [1.54, 1.807) is 31.5 Å². The van der Waals surface area contributed by atoms with Crippen LogP contribution in [0, 0.1) is 0 Å². The zero-order valence-corrected chi connectivity index (χ0v) is 21.7. The number of amides is 2. The minimum absolute atomic E-state index is 0.0280. The van der Waals surface area contributed by atoms with Gasteiger partial charge in [-0.15, -0.1) is 0 Å². The lowest BCUT2D eigenvalue weighted by atomic mass is 9.89. The molecule has 0 spiro atoms. The average Bonchev–Trinajstić information content (AvgIpc) is 3.48. The van der Waals surface area contributed by atoms with E-state index in [0.717, 1.165) is 37.3 Å². The first-order valence-electron chi connectivity index (χ1n) is 12.8. The Bertz CT molecular complexity index is 1270. The quantitative estimate of drug-likeness (QED) is 0.458. The van der Waals surface area contributed by atoms with Crippen LogP contribution in [0.4, 0.5) is 11.4 Å². The largest absolute Gasteiger partial charge is 0.497 e. The number of methoxy groups -OCH3 is 1. The molecule has 192 valence electrons. The third-order valence-corrected chi connectivity index (χ3v) is 7.44. The van der Waals surface area contributed by atoms with Crippen LogP contribution in [0.5, 0.6) is 5.75 Å². The van der Waals surface area contributed by atoms with Crippen LogP contribution in [0.1, 0.15) is 58.0 Å². The van der Waals surface area contributed by atoms with Gasteiger partial charge in [0.25, 0.3) is 11.8 Å². The molecule has 0 saturated carbocycles. The molecule has 5 rings (SSSR count). The second-order valence-corrected chi connectivity index (χ2v) is 10.1. The fraction of sp³-hybridized carbons (Fsp3) is 0.345.